The number of nitrogens with zero attached hydrogens (tertiary/aromatic N) is 1. The molecule has 0 saturated carbocycles. The number of hydrogen-bond acceptors (Lipinski definition) is 2. The van der Waals surface area contributed by atoms with E-state index in [2.05, 4.69) is 4.74 Å². The Kier molecular flexibility index (Phi) is 3.38. The second-order valence-electron chi connectivity index (χ2n) is 4.77. The Morgan fingerprint density at radius 1 is 1.28 bits per heavy atom. The minimum atomic E-state index is -4.30. The van der Waals surface area contributed by atoms with Gasteiger partial charge in [-0.25, -0.2) is 0 Å². The third kappa shape index (κ3) is 2.24. The lowest BCUT2D eigenvalue weighted by Crippen LogP contribution is -2.69. The minimum absolute atomic E-state index is 0.0959. The Labute approximate surface area is 104 Å². The monoisotopic (exact) mass is 259 g/mol. The van der Waals surface area contributed by atoms with Gasteiger partial charge in [-0.2, -0.15) is 13.2 Å². The Balaban J connectivity index is 2.00. The van der Waals surface area contributed by atoms with Crippen molar-refractivity contribution in [2.75, 3.05) is 20.2 Å². The number of aryl methyl sites for hydroxylation is 1. The molecule has 2 nitrogen and oxygen atoms in total. The van der Waals surface area contributed by atoms with Crippen LogP contribution in [0.4, 0.5) is 13.2 Å². The maximum Gasteiger partial charge on any atom is 0.419 e. The molecule has 2 rings (SSSR count). The Morgan fingerprint density at radius 2 is 1.89 bits per heavy atom. The van der Waals surface area contributed by atoms with Crippen LogP contribution in [-0.4, -0.2) is 36.9 Å². The van der Waals surface area contributed by atoms with Crippen LogP contribution in [0, 0.1) is 6.92 Å². The second kappa shape index (κ2) is 4.55. The number of benzene rings is 1. The molecule has 1 aromatic rings. The normalized spacial score (nSPS) is 19.6. The van der Waals surface area contributed by atoms with E-state index in [0.29, 0.717) is 6.54 Å². The zero-order valence-corrected chi connectivity index (χ0v) is 10.4. The minimum Gasteiger partial charge on any atom is -0.366 e. The molecule has 0 bridgehead atoms. The maximum absolute atomic E-state index is 12.8. The van der Waals surface area contributed by atoms with Crippen LogP contribution in [0.15, 0.2) is 24.3 Å². The van der Waals surface area contributed by atoms with Gasteiger partial charge < -0.3 is 4.74 Å². The lowest BCUT2D eigenvalue weighted by molar-refractivity contribution is -0.312. The van der Waals surface area contributed by atoms with Crippen molar-refractivity contribution in [2.45, 2.75) is 25.2 Å². The van der Waals surface area contributed by atoms with Crippen LogP contribution < -0.4 is 0 Å². The molecule has 1 heterocycles. The summed E-state index contributed by atoms with van der Waals surface area (Å²) in [5.74, 6) is 0. The highest BCUT2D eigenvalue weighted by Crippen LogP contribution is 2.40. The highest BCUT2D eigenvalue weighted by atomic mass is 19.4. The summed E-state index contributed by atoms with van der Waals surface area (Å²) in [7, 11) is 1.12. The lowest BCUT2D eigenvalue weighted by atomic mass is 9.92. The molecule has 0 unspecified atom stereocenters. The molecule has 5 heteroatoms. The highest BCUT2D eigenvalue weighted by Gasteiger charge is 2.62. The van der Waals surface area contributed by atoms with Crippen LogP contribution >= 0.6 is 0 Å². The van der Waals surface area contributed by atoms with Crippen molar-refractivity contribution in [3.8, 4) is 0 Å². The first-order valence-corrected chi connectivity index (χ1v) is 5.77. The maximum atomic E-state index is 12.8. The SMILES string of the molecule is COC1(C(F)(F)F)CN(Cc2ccccc2C)C1. The number of rotatable bonds is 3. The summed E-state index contributed by atoms with van der Waals surface area (Å²) < 4.78 is 43.1. The third-order valence-electron chi connectivity index (χ3n) is 3.52. The van der Waals surface area contributed by atoms with Crippen molar-refractivity contribution in [2.24, 2.45) is 0 Å². The van der Waals surface area contributed by atoms with Gasteiger partial charge in [0.15, 0.2) is 5.60 Å². The van der Waals surface area contributed by atoms with E-state index in [9.17, 15) is 13.2 Å². The Bertz CT molecular complexity index is 424. The van der Waals surface area contributed by atoms with Crippen LogP contribution in [0.25, 0.3) is 0 Å². The predicted molar refractivity (Wildman–Crippen MR) is 62.3 cm³/mol. The fourth-order valence-corrected chi connectivity index (χ4v) is 2.24. The van der Waals surface area contributed by atoms with Crippen molar-refractivity contribution in [3.05, 3.63) is 35.4 Å². The molecule has 0 spiro atoms. The van der Waals surface area contributed by atoms with Crippen LogP contribution in [0.1, 0.15) is 11.1 Å². The van der Waals surface area contributed by atoms with Crippen LogP contribution in [0.2, 0.25) is 0 Å². The van der Waals surface area contributed by atoms with Gasteiger partial charge >= 0.3 is 6.18 Å². The summed E-state index contributed by atoms with van der Waals surface area (Å²) in [5, 5.41) is 0. The molecule has 1 fully saturated rings. The van der Waals surface area contributed by atoms with Gasteiger partial charge in [0.25, 0.3) is 0 Å². The van der Waals surface area contributed by atoms with Crippen molar-refractivity contribution in [1.82, 2.24) is 4.90 Å². The second-order valence-corrected chi connectivity index (χ2v) is 4.77. The van der Waals surface area contributed by atoms with Gasteiger partial charge in [-0.15, -0.1) is 0 Å². The molecule has 0 amide bonds. The van der Waals surface area contributed by atoms with Gasteiger partial charge in [-0.1, -0.05) is 24.3 Å². The van der Waals surface area contributed by atoms with E-state index < -0.39 is 11.8 Å². The van der Waals surface area contributed by atoms with E-state index in [0.717, 1.165) is 18.2 Å². The fraction of sp³-hybridized carbons (Fsp3) is 0.538. The number of hydrogen-bond donors (Lipinski definition) is 0. The van der Waals surface area contributed by atoms with E-state index >= 15 is 0 Å². The molecule has 1 aliphatic rings. The summed E-state index contributed by atoms with van der Waals surface area (Å²) in [6.07, 6.45) is -4.30. The molecule has 0 N–H and O–H groups in total. The first kappa shape index (κ1) is 13.4. The molecular formula is C13H16F3NO. The standard InChI is InChI=1S/C13H16F3NO/c1-10-5-3-4-6-11(10)7-17-8-12(9-17,18-2)13(14,15)16/h3-6H,7-9H2,1-2H3. The van der Waals surface area contributed by atoms with Crippen molar-refractivity contribution in [1.29, 1.82) is 0 Å². The smallest absolute Gasteiger partial charge is 0.366 e. The molecule has 0 aliphatic carbocycles. The molecule has 100 valence electrons. The van der Waals surface area contributed by atoms with E-state index in [-0.39, 0.29) is 13.1 Å². The van der Waals surface area contributed by atoms with Gasteiger partial charge in [-0.3, -0.25) is 4.90 Å². The Morgan fingerprint density at radius 3 is 2.39 bits per heavy atom. The molecular weight excluding hydrogens is 243 g/mol. The zero-order valence-electron chi connectivity index (χ0n) is 10.4. The molecule has 1 aliphatic heterocycles. The molecule has 1 aromatic carbocycles. The van der Waals surface area contributed by atoms with Crippen LogP contribution in [-0.2, 0) is 11.3 Å². The van der Waals surface area contributed by atoms with E-state index in [1.165, 1.54) is 0 Å². The number of halogens is 3. The average molecular weight is 259 g/mol. The first-order chi connectivity index (χ1) is 8.38. The summed E-state index contributed by atoms with van der Waals surface area (Å²) >= 11 is 0. The molecule has 0 atom stereocenters. The van der Waals surface area contributed by atoms with Gasteiger partial charge in [0.05, 0.1) is 0 Å². The summed E-state index contributed by atoms with van der Waals surface area (Å²) in [5.41, 5.74) is 0.180. The lowest BCUT2D eigenvalue weighted by Gasteiger charge is -2.49. The fourth-order valence-electron chi connectivity index (χ4n) is 2.24. The quantitative estimate of drug-likeness (QED) is 0.827. The zero-order chi connectivity index (χ0) is 13.4. The molecule has 0 aromatic heterocycles. The summed E-state index contributed by atoms with van der Waals surface area (Å²) in [6, 6.07) is 7.72. The van der Waals surface area contributed by atoms with Crippen LogP contribution in [0.3, 0.4) is 0 Å². The largest absolute Gasteiger partial charge is 0.419 e. The molecule has 0 radical (unpaired) electrons. The highest BCUT2D eigenvalue weighted by molar-refractivity contribution is 5.26. The average Bonchev–Trinajstić information content (AvgIpc) is 2.23. The topological polar surface area (TPSA) is 12.5 Å². The predicted octanol–water partition coefficient (Wildman–Crippen LogP) is 2.76. The summed E-state index contributed by atoms with van der Waals surface area (Å²) in [4.78, 5) is 1.75. The van der Waals surface area contributed by atoms with E-state index in [1.54, 1.807) is 4.90 Å². The molecule has 1 saturated heterocycles. The summed E-state index contributed by atoms with van der Waals surface area (Å²) in [6.45, 7) is 2.30. The number of methoxy groups -OCH3 is 1. The number of likely N-dealkylation sites (tertiary alicyclic amines) is 1. The number of ether oxygens (including phenoxy) is 1. The van der Waals surface area contributed by atoms with Crippen molar-refractivity contribution < 1.29 is 17.9 Å². The Hall–Kier alpha value is -1.07. The van der Waals surface area contributed by atoms with Crippen molar-refractivity contribution in [3.63, 3.8) is 0 Å². The van der Waals surface area contributed by atoms with Crippen molar-refractivity contribution >= 4 is 0 Å². The van der Waals surface area contributed by atoms with E-state index in [4.69, 9.17) is 0 Å². The van der Waals surface area contributed by atoms with Gasteiger partial charge in [0, 0.05) is 26.7 Å². The van der Waals surface area contributed by atoms with Crippen LogP contribution in [0.5, 0.6) is 0 Å². The third-order valence-corrected chi connectivity index (χ3v) is 3.52. The molecule has 18 heavy (non-hydrogen) atoms. The van der Waals surface area contributed by atoms with Gasteiger partial charge in [-0.05, 0) is 18.1 Å². The van der Waals surface area contributed by atoms with Gasteiger partial charge in [0.2, 0.25) is 0 Å². The first-order valence-electron chi connectivity index (χ1n) is 5.77. The van der Waals surface area contributed by atoms with E-state index in [1.807, 2.05) is 31.2 Å². The number of alkyl halides is 3. The van der Waals surface area contributed by atoms with Gasteiger partial charge in [0.1, 0.15) is 0 Å².